The molecular weight excluding hydrogens is 216 g/mol. The van der Waals surface area contributed by atoms with Crippen molar-refractivity contribution in [3.05, 3.63) is 16.6 Å². The Morgan fingerprint density at radius 1 is 1.25 bits per heavy atom. The molecule has 0 spiro atoms. The summed E-state index contributed by atoms with van der Waals surface area (Å²) in [6.45, 7) is 0. The number of hydrogen-bond acceptors (Lipinski definition) is 3. The first-order valence-electron chi connectivity index (χ1n) is 6.13. The van der Waals surface area contributed by atoms with Crippen molar-refractivity contribution in [3.63, 3.8) is 0 Å². The van der Waals surface area contributed by atoms with Gasteiger partial charge >= 0.3 is 0 Å². The molecule has 0 saturated heterocycles. The van der Waals surface area contributed by atoms with E-state index < -0.39 is 0 Å². The lowest BCUT2D eigenvalue weighted by Gasteiger charge is -2.27. The van der Waals surface area contributed by atoms with E-state index in [0.29, 0.717) is 0 Å². The molecule has 0 amide bonds. The fourth-order valence-corrected chi connectivity index (χ4v) is 3.14. The molecule has 0 N–H and O–H groups in total. The van der Waals surface area contributed by atoms with E-state index in [-0.39, 0.29) is 5.41 Å². The third-order valence-corrected chi connectivity index (χ3v) is 4.19. The highest BCUT2D eigenvalue weighted by molar-refractivity contribution is 7.07. The van der Waals surface area contributed by atoms with Crippen LogP contribution < -0.4 is 0 Å². The predicted molar refractivity (Wildman–Crippen MR) is 66.2 cm³/mol. The summed E-state index contributed by atoms with van der Waals surface area (Å²) in [6.07, 6.45) is 9.31. The molecule has 0 bridgehead atoms. The highest BCUT2D eigenvalue weighted by Crippen LogP contribution is 2.36. The van der Waals surface area contributed by atoms with E-state index >= 15 is 0 Å². The van der Waals surface area contributed by atoms with Crippen LogP contribution in [0.1, 0.15) is 50.6 Å². The van der Waals surface area contributed by atoms with Crippen LogP contribution in [0.5, 0.6) is 0 Å². The van der Waals surface area contributed by atoms with E-state index in [4.69, 9.17) is 0 Å². The summed E-state index contributed by atoms with van der Waals surface area (Å²) in [5.74, 6) is 0. The molecule has 0 aliphatic heterocycles. The van der Waals surface area contributed by atoms with E-state index in [2.05, 4.69) is 16.4 Å². The van der Waals surface area contributed by atoms with Crippen LogP contribution in [-0.2, 0) is 6.42 Å². The van der Waals surface area contributed by atoms with Gasteiger partial charge in [-0.3, -0.25) is 0 Å². The van der Waals surface area contributed by atoms with Crippen molar-refractivity contribution in [2.75, 3.05) is 0 Å². The maximum atomic E-state index is 9.48. The molecule has 1 aromatic rings. The summed E-state index contributed by atoms with van der Waals surface area (Å²) < 4.78 is 0. The summed E-state index contributed by atoms with van der Waals surface area (Å²) >= 11 is 1.63. The molecule has 0 aromatic carbocycles. The molecule has 1 aliphatic rings. The Hall–Kier alpha value is -0.880. The van der Waals surface area contributed by atoms with Gasteiger partial charge in [0.15, 0.2) is 0 Å². The van der Waals surface area contributed by atoms with E-state index in [1.54, 1.807) is 11.3 Å². The van der Waals surface area contributed by atoms with Gasteiger partial charge in [-0.05, 0) is 12.8 Å². The summed E-state index contributed by atoms with van der Waals surface area (Å²) in [5.41, 5.74) is 2.84. The van der Waals surface area contributed by atoms with Crippen molar-refractivity contribution in [1.29, 1.82) is 5.26 Å². The van der Waals surface area contributed by atoms with Gasteiger partial charge < -0.3 is 0 Å². The summed E-state index contributed by atoms with van der Waals surface area (Å²) in [6, 6.07) is 2.59. The van der Waals surface area contributed by atoms with Crippen LogP contribution in [0.2, 0.25) is 0 Å². The molecule has 16 heavy (non-hydrogen) atoms. The highest BCUT2D eigenvalue weighted by atomic mass is 32.1. The van der Waals surface area contributed by atoms with E-state index in [9.17, 15) is 5.26 Å². The second kappa shape index (κ2) is 5.45. The predicted octanol–water partition coefficient (Wildman–Crippen LogP) is 3.94. The first-order chi connectivity index (χ1) is 7.85. The topological polar surface area (TPSA) is 36.7 Å². The molecular formula is C13H18N2S. The molecule has 3 heteroatoms. The largest absolute Gasteiger partial charge is 0.250 e. The van der Waals surface area contributed by atoms with Crippen LogP contribution in [-0.4, -0.2) is 4.98 Å². The summed E-state index contributed by atoms with van der Waals surface area (Å²) in [7, 11) is 0. The van der Waals surface area contributed by atoms with E-state index in [1.165, 1.54) is 32.1 Å². The van der Waals surface area contributed by atoms with Gasteiger partial charge in [-0.2, -0.15) is 5.26 Å². The molecule has 1 saturated carbocycles. The van der Waals surface area contributed by atoms with Crippen molar-refractivity contribution in [1.82, 2.24) is 4.98 Å². The number of nitrogens with zero attached hydrogens (tertiary/aromatic N) is 2. The second-order valence-electron chi connectivity index (χ2n) is 4.82. The zero-order valence-corrected chi connectivity index (χ0v) is 10.4. The Morgan fingerprint density at radius 3 is 2.50 bits per heavy atom. The average molecular weight is 234 g/mol. The molecule has 0 atom stereocenters. The van der Waals surface area contributed by atoms with Crippen LogP contribution >= 0.6 is 11.3 Å². The first-order valence-corrected chi connectivity index (χ1v) is 7.07. The van der Waals surface area contributed by atoms with Crippen molar-refractivity contribution < 1.29 is 0 Å². The Bertz CT molecular complexity index is 343. The number of thiazole rings is 1. The van der Waals surface area contributed by atoms with Gasteiger partial charge in [0.2, 0.25) is 0 Å². The highest BCUT2D eigenvalue weighted by Gasteiger charge is 2.31. The smallest absolute Gasteiger partial charge is 0.0794 e. The maximum absolute atomic E-state index is 9.48. The third kappa shape index (κ3) is 2.82. The van der Waals surface area contributed by atoms with E-state index in [1.807, 2.05) is 5.51 Å². The monoisotopic (exact) mass is 234 g/mol. The van der Waals surface area contributed by atoms with Gasteiger partial charge in [0.25, 0.3) is 0 Å². The standard InChI is InChI=1S/C13H18N2S/c14-10-13(8-12-9-16-11-15-12)6-4-2-1-3-5-7-13/h9,11H,1-8H2. The normalized spacial score (nSPS) is 20.7. The number of rotatable bonds is 2. The van der Waals surface area contributed by atoms with Crippen molar-refractivity contribution in [2.24, 2.45) is 5.41 Å². The van der Waals surface area contributed by atoms with Crippen LogP contribution in [0.4, 0.5) is 0 Å². The third-order valence-electron chi connectivity index (χ3n) is 3.55. The van der Waals surface area contributed by atoms with Gasteiger partial charge in [-0.15, -0.1) is 11.3 Å². The number of aromatic nitrogens is 1. The summed E-state index contributed by atoms with van der Waals surface area (Å²) in [5, 5.41) is 11.6. The Labute approximate surface area is 101 Å². The molecule has 1 aliphatic carbocycles. The molecule has 1 fully saturated rings. The Balaban J connectivity index is 2.07. The quantitative estimate of drug-likeness (QED) is 0.777. The summed E-state index contributed by atoms with van der Waals surface area (Å²) in [4.78, 5) is 4.32. The van der Waals surface area contributed by atoms with Crippen LogP contribution in [0, 0.1) is 16.7 Å². The fourth-order valence-electron chi connectivity index (χ4n) is 2.58. The van der Waals surface area contributed by atoms with Crippen molar-refractivity contribution in [2.45, 2.75) is 51.4 Å². The van der Waals surface area contributed by atoms with Gasteiger partial charge in [0.1, 0.15) is 0 Å². The lowest BCUT2D eigenvalue weighted by atomic mass is 9.74. The molecule has 0 unspecified atom stereocenters. The molecule has 1 heterocycles. The van der Waals surface area contributed by atoms with Crippen molar-refractivity contribution in [3.8, 4) is 6.07 Å². The number of nitriles is 1. The van der Waals surface area contributed by atoms with Gasteiger partial charge in [-0.25, -0.2) is 4.98 Å². The molecule has 1 aromatic heterocycles. The van der Waals surface area contributed by atoms with Gasteiger partial charge in [-0.1, -0.05) is 32.1 Å². The first kappa shape index (κ1) is 11.6. The molecule has 2 rings (SSSR count). The van der Waals surface area contributed by atoms with Crippen LogP contribution in [0.15, 0.2) is 10.9 Å². The SMILES string of the molecule is N#CC1(Cc2cscn2)CCCCCCC1. The van der Waals surface area contributed by atoms with Gasteiger partial charge in [0, 0.05) is 11.8 Å². The minimum Gasteiger partial charge on any atom is -0.250 e. The zero-order valence-electron chi connectivity index (χ0n) is 9.61. The van der Waals surface area contributed by atoms with Crippen LogP contribution in [0.25, 0.3) is 0 Å². The fraction of sp³-hybridized carbons (Fsp3) is 0.692. The maximum Gasteiger partial charge on any atom is 0.0794 e. The molecule has 0 radical (unpaired) electrons. The Kier molecular flexibility index (Phi) is 3.95. The lowest BCUT2D eigenvalue weighted by molar-refractivity contribution is 0.285. The van der Waals surface area contributed by atoms with E-state index in [0.717, 1.165) is 25.0 Å². The minimum absolute atomic E-state index is 0.130. The van der Waals surface area contributed by atoms with Gasteiger partial charge in [0.05, 0.1) is 22.7 Å². The average Bonchev–Trinajstić information content (AvgIpc) is 2.75. The second-order valence-corrected chi connectivity index (χ2v) is 5.54. The van der Waals surface area contributed by atoms with Crippen molar-refractivity contribution >= 4 is 11.3 Å². The molecule has 86 valence electrons. The zero-order chi connectivity index (χ0) is 11.3. The molecule has 2 nitrogen and oxygen atoms in total. The Morgan fingerprint density at radius 2 is 1.94 bits per heavy atom. The van der Waals surface area contributed by atoms with Crippen LogP contribution in [0.3, 0.4) is 0 Å². The minimum atomic E-state index is -0.130. The lowest BCUT2D eigenvalue weighted by Crippen LogP contribution is -2.23. The number of hydrogen-bond donors (Lipinski definition) is 0.